The zero-order valence-electron chi connectivity index (χ0n) is 19.8. The Bertz CT molecular complexity index is 1190. The summed E-state index contributed by atoms with van der Waals surface area (Å²) in [5.41, 5.74) is 1.92. The summed E-state index contributed by atoms with van der Waals surface area (Å²) in [5.74, 6) is -0.257. The summed E-state index contributed by atoms with van der Waals surface area (Å²) in [5, 5.41) is 10.4. The van der Waals surface area contributed by atoms with E-state index < -0.39 is 18.0 Å². The summed E-state index contributed by atoms with van der Waals surface area (Å²) >= 11 is 0. The van der Waals surface area contributed by atoms with Crippen molar-refractivity contribution in [3.05, 3.63) is 52.4 Å². The van der Waals surface area contributed by atoms with Crippen LogP contribution in [0.1, 0.15) is 31.0 Å². The number of rotatable bonds is 5. The van der Waals surface area contributed by atoms with Crippen LogP contribution in [0.2, 0.25) is 0 Å². The van der Waals surface area contributed by atoms with Crippen LogP contribution in [0.25, 0.3) is 11.1 Å². The van der Waals surface area contributed by atoms with Crippen molar-refractivity contribution in [3.8, 4) is 16.9 Å². The molecule has 1 N–H and O–H groups in total. The van der Waals surface area contributed by atoms with E-state index in [2.05, 4.69) is 0 Å². The summed E-state index contributed by atoms with van der Waals surface area (Å²) in [6, 6.07) is 9.96. The third kappa shape index (κ3) is 3.35. The molecule has 0 spiro atoms. The standard InChI is InChI=1S/C26H31N3O5/c1-27(2)26(33)23-20(14-30)19-13-28-21(22(19)29(23)24(31)15-6-4-7-15)11-10-18(25(28)32)16-8-5-9-17(12-16)34-3/h5,8-12,15,19-20,22-23,30H,4,6-7,13-14H2,1-3H3/t19-,20-,22+,23-/m1/s1. The molecule has 8 nitrogen and oxygen atoms in total. The molecule has 180 valence electrons. The molecular formula is C26H31N3O5. The maximum Gasteiger partial charge on any atom is 0.258 e. The van der Waals surface area contributed by atoms with Crippen LogP contribution in [0.4, 0.5) is 0 Å². The number of ether oxygens (including phenoxy) is 1. The number of benzene rings is 1. The Morgan fingerprint density at radius 3 is 2.56 bits per heavy atom. The maximum absolute atomic E-state index is 13.6. The van der Waals surface area contributed by atoms with Crippen molar-refractivity contribution in [3.63, 3.8) is 0 Å². The highest BCUT2D eigenvalue weighted by Gasteiger charge is 2.58. The number of carbonyl (C=O) groups is 2. The molecule has 0 bridgehead atoms. The van der Waals surface area contributed by atoms with E-state index in [1.165, 1.54) is 4.90 Å². The highest BCUT2D eigenvalue weighted by atomic mass is 16.5. The Hall–Kier alpha value is -3.13. The number of aromatic nitrogens is 1. The second-order valence-corrected chi connectivity index (χ2v) is 9.83. The van der Waals surface area contributed by atoms with Gasteiger partial charge in [-0.05, 0) is 42.7 Å². The number of fused-ring (bicyclic) bond motifs is 3. The molecule has 4 atom stereocenters. The van der Waals surface area contributed by atoms with Gasteiger partial charge in [0.2, 0.25) is 11.8 Å². The number of hydrogen-bond acceptors (Lipinski definition) is 5. The van der Waals surface area contributed by atoms with Crippen molar-refractivity contribution in [1.29, 1.82) is 0 Å². The van der Waals surface area contributed by atoms with Crippen LogP contribution in [0.5, 0.6) is 5.75 Å². The predicted molar refractivity (Wildman–Crippen MR) is 126 cm³/mol. The molecule has 1 saturated carbocycles. The zero-order valence-corrected chi connectivity index (χ0v) is 19.8. The SMILES string of the molecule is COc1cccc(-c2ccc3n(c2=O)C[C@@H]2[C@@H](CO)[C@H](C(=O)N(C)C)N(C(=O)C4CCC4)[C@H]32)c1. The van der Waals surface area contributed by atoms with Gasteiger partial charge < -0.3 is 24.2 Å². The first-order valence-electron chi connectivity index (χ1n) is 11.9. The molecule has 34 heavy (non-hydrogen) atoms. The second kappa shape index (κ2) is 8.58. The summed E-state index contributed by atoms with van der Waals surface area (Å²) in [6.45, 7) is 0.152. The van der Waals surface area contributed by atoms with Crippen LogP contribution < -0.4 is 10.3 Å². The Labute approximate surface area is 198 Å². The Kier molecular flexibility index (Phi) is 5.72. The lowest BCUT2D eigenvalue weighted by molar-refractivity contribution is -0.150. The van der Waals surface area contributed by atoms with E-state index >= 15 is 0 Å². The van der Waals surface area contributed by atoms with Gasteiger partial charge in [0.25, 0.3) is 5.56 Å². The van der Waals surface area contributed by atoms with Crippen molar-refractivity contribution in [2.24, 2.45) is 17.8 Å². The molecule has 8 heteroatoms. The highest BCUT2D eigenvalue weighted by molar-refractivity contribution is 5.90. The fourth-order valence-corrected chi connectivity index (χ4v) is 5.85. The van der Waals surface area contributed by atoms with E-state index in [0.29, 0.717) is 17.9 Å². The highest BCUT2D eigenvalue weighted by Crippen LogP contribution is 2.51. The van der Waals surface area contributed by atoms with E-state index in [4.69, 9.17) is 4.74 Å². The van der Waals surface area contributed by atoms with Crippen LogP contribution >= 0.6 is 0 Å². The topological polar surface area (TPSA) is 92.1 Å². The first kappa shape index (κ1) is 22.7. The van der Waals surface area contributed by atoms with Gasteiger partial charge in [0.05, 0.1) is 13.2 Å². The molecule has 5 rings (SSSR count). The number of aliphatic hydroxyl groups excluding tert-OH is 1. The molecular weight excluding hydrogens is 434 g/mol. The predicted octanol–water partition coefficient (Wildman–Crippen LogP) is 1.90. The van der Waals surface area contributed by atoms with Crippen LogP contribution in [0.15, 0.2) is 41.2 Å². The molecule has 0 radical (unpaired) electrons. The smallest absolute Gasteiger partial charge is 0.258 e. The normalized spacial score (nSPS) is 25.5. The quantitative estimate of drug-likeness (QED) is 0.728. The van der Waals surface area contributed by atoms with E-state index in [1.807, 2.05) is 30.3 Å². The average Bonchev–Trinajstić information content (AvgIpc) is 3.32. The first-order chi connectivity index (χ1) is 16.4. The first-order valence-corrected chi connectivity index (χ1v) is 11.9. The lowest BCUT2D eigenvalue weighted by Gasteiger charge is -2.37. The Balaban J connectivity index is 1.60. The number of likely N-dealkylation sites (tertiary alicyclic amines) is 1. The zero-order chi connectivity index (χ0) is 24.1. The van der Waals surface area contributed by atoms with E-state index in [9.17, 15) is 19.5 Å². The van der Waals surface area contributed by atoms with E-state index in [0.717, 1.165) is 30.5 Å². The van der Waals surface area contributed by atoms with Crippen LogP contribution in [0.3, 0.4) is 0 Å². The molecule has 0 unspecified atom stereocenters. The number of methoxy groups -OCH3 is 1. The third-order valence-corrected chi connectivity index (χ3v) is 7.86. The van der Waals surface area contributed by atoms with Crippen LogP contribution in [-0.4, -0.2) is 65.1 Å². The van der Waals surface area contributed by atoms with Crippen molar-refractivity contribution >= 4 is 11.8 Å². The van der Waals surface area contributed by atoms with Crippen molar-refractivity contribution in [1.82, 2.24) is 14.4 Å². The van der Waals surface area contributed by atoms with Gasteiger partial charge >= 0.3 is 0 Å². The molecule has 3 heterocycles. The average molecular weight is 466 g/mol. The maximum atomic E-state index is 13.6. The van der Waals surface area contributed by atoms with Gasteiger partial charge in [-0.25, -0.2) is 0 Å². The van der Waals surface area contributed by atoms with Gasteiger partial charge in [-0.1, -0.05) is 18.6 Å². The minimum atomic E-state index is -0.718. The monoisotopic (exact) mass is 465 g/mol. The molecule has 1 aliphatic carbocycles. The van der Waals surface area contributed by atoms with Gasteiger partial charge in [-0.3, -0.25) is 14.4 Å². The molecule has 3 aliphatic rings. The van der Waals surface area contributed by atoms with E-state index in [1.54, 1.807) is 36.7 Å². The number of carbonyl (C=O) groups excluding carboxylic acids is 2. The lowest BCUT2D eigenvalue weighted by atomic mass is 9.84. The molecule has 2 aliphatic heterocycles. The molecule has 2 fully saturated rings. The summed E-state index contributed by atoms with van der Waals surface area (Å²) in [6.07, 6.45) is 2.65. The second-order valence-electron chi connectivity index (χ2n) is 9.83. The molecule has 1 aromatic heterocycles. The van der Waals surface area contributed by atoms with Crippen molar-refractivity contribution < 1.29 is 19.4 Å². The number of aliphatic hydroxyl groups is 1. The molecule has 1 saturated heterocycles. The Morgan fingerprint density at radius 1 is 1.18 bits per heavy atom. The van der Waals surface area contributed by atoms with E-state index in [-0.39, 0.29) is 35.8 Å². The van der Waals surface area contributed by atoms with Gasteiger partial charge in [-0.15, -0.1) is 0 Å². The summed E-state index contributed by atoms with van der Waals surface area (Å²) in [7, 11) is 4.94. The number of amides is 2. The Morgan fingerprint density at radius 2 is 1.94 bits per heavy atom. The number of likely N-dealkylation sites (N-methyl/N-ethyl adjacent to an activating group) is 1. The van der Waals surface area contributed by atoms with Gasteiger partial charge in [0, 0.05) is 56.3 Å². The molecule has 2 amide bonds. The fraction of sp³-hybridized carbons (Fsp3) is 0.500. The van der Waals surface area contributed by atoms with Crippen molar-refractivity contribution in [2.45, 2.75) is 37.9 Å². The van der Waals surface area contributed by atoms with Crippen LogP contribution in [-0.2, 0) is 16.1 Å². The number of hydrogen-bond donors (Lipinski definition) is 1. The largest absolute Gasteiger partial charge is 0.497 e. The minimum Gasteiger partial charge on any atom is -0.497 e. The van der Waals surface area contributed by atoms with Gasteiger partial charge in [0.1, 0.15) is 11.8 Å². The lowest BCUT2D eigenvalue weighted by Crippen LogP contribution is -2.52. The van der Waals surface area contributed by atoms with Crippen molar-refractivity contribution in [2.75, 3.05) is 27.8 Å². The minimum absolute atomic E-state index is 0.0322. The molecule has 2 aromatic rings. The number of nitrogens with zero attached hydrogens (tertiary/aromatic N) is 3. The fourth-order valence-electron chi connectivity index (χ4n) is 5.85. The van der Waals surface area contributed by atoms with Gasteiger partial charge in [0.15, 0.2) is 0 Å². The molecule has 1 aromatic carbocycles. The van der Waals surface area contributed by atoms with Gasteiger partial charge in [-0.2, -0.15) is 0 Å². The number of pyridine rings is 1. The third-order valence-electron chi connectivity index (χ3n) is 7.86. The van der Waals surface area contributed by atoms with Crippen LogP contribution in [0, 0.1) is 17.8 Å². The summed E-state index contributed by atoms with van der Waals surface area (Å²) < 4.78 is 7.04. The summed E-state index contributed by atoms with van der Waals surface area (Å²) in [4.78, 5) is 43.6.